The van der Waals surface area contributed by atoms with Gasteiger partial charge in [-0.1, -0.05) is 22.9 Å². The summed E-state index contributed by atoms with van der Waals surface area (Å²) in [6, 6.07) is 6.35. The first-order valence-electron chi connectivity index (χ1n) is 5.16. The highest BCUT2D eigenvalue weighted by atomic mass is 127. The van der Waals surface area contributed by atoms with Crippen molar-refractivity contribution in [2.75, 3.05) is 5.73 Å². The van der Waals surface area contributed by atoms with Gasteiger partial charge in [0.05, 0.1) is 5.69 Å². The van der Waals surface area contributed by atoms with Crippen molar-refractivity contribution in [1.82, 2.24) is 4.98 Å². The van der Waals surface area contributed by atoms with E-state index in [2.05, 4.69) is 68.6 Å². The third-order valence-electron chi connectivity index (χ3n) is 2.67. The number of nitrogen functional groups attached to an aromatic ring is 1. The number of halogens is 2. The smallest absolute Gasteiger partial charge is 0.180 e. The zero-order valence-corrected chi connectivity index (χ0v) is 14.1. The van der Waals surface area contributed by atoms with E-state index in [0.29, 0.717) is 11.0 Å². The molecule has 0 fully saturated rings. The Bertz CT molecular complexity index is 553. The van der Waals surface area contributed by atoms with E-state index in [0.717, 1.165) is 10.2 Å². The molecule has 0 amide bonds. The minimum absolute atomic E-state index is 0.328. The molecule has 0 spiro atoms. The molecule has 1 aromatic carbocycles. The summed E-state index contributed by atoms with van der Waals surface area (Å²) < 4.78 is 2.37. The molecule has 1 heterocycles. The fraction of sp³-hybridized carbons (Fsp3) is 0.250. The van der Waals surface area contributed by atoms with E-state index >= 15 is 0 Å². The number of hydrogen-bond acceptors (Lipinski definition) is 3. The van der Waals surface area contributed by atoms with Crippen molar-refractivity contribution in [1.29, 1.82) is 0 Å². The average Bonchev–Trinajstić information content (AvgIpc) is 2.60. The van der Waals surface area contributed by atoms with Crippen LogP contribution in [0.3, 0.4) is 0 Å². The quantitative estimate of drug-likeness (QED) is 0.721. The highest BCUT2D eigenvalue weighted by Gasteiger charge is 2.17. The van der Waals surface area contributed by atoms with Crippen molar-refractivity contribution in [3.05, 3.63) is 42.4 Å². The normalized spacial score (nSPS) is 12.7. The molecule has 1 aromatic heterocycles. The van der Waals surface area contributed by atoms with Gasteiger partial charge in [-0.2, -0.15) is 0 Å². The largest absolute Gasteiger partial charge is 0.375 e. The Morgan fingerprint density at radius 1 is 1.47 bits per heavy atom. The molecule has 0 aliphatic heterocycles. The fourth-order valence-electron chi connectivity index (χ4n) is 1.82. The van der Waals surface area contributed by atoms with Gasteiger partial charge < -0.3 is 5.73 Å². The first-order chi connectivity index (χ1) is 7.99. The molecule has 1 atom stereocenters. The molecular weight excluding hydrogens is 411 g/mol. The summed E-state index contributed by atoms with van der Waals surface area (Å²) in [5, 5.41) is 0.648. The van der Waals surface area contributed by atoms with Gasteiger partial charge in [-0.05, 0) is 53.3 Å². The van der Waals surface area contributed by atoms with Crippen molar-refractivity contribution < 1.29 is 0 Å². The molecule has 0 radical (unpaired) electrons. The molecule has 90 valence electrons. The molecule has 2 N–H and O–H groups in total. The molecule has 0 saturated heterocycles. The summed E-state index contributed by atoms with van der Waals surface area (Å²) in [5.74, 6) is 0.328. The van der Waals surface area contributed by atoms with E-state index < -0.39 is 0 Å². The van der Waals surface area contributed by atoms with Gasteiger partial charge in [0.15, 0.2) is 5.13 Å². The van der Waals surface area contributed by atoms with Gasteiger partial charge >= 0.3 is 0 Å². The van der Waals surface area contributed by atoms with Crippen molar-refractivity contribution >= 4 is 55.0 Å². The Morgan fingerprint density at radius 2 is 2.18 bits per heavy atom. The van der Waals surface area contributed by atoms with Gasteiger partial charge in [0.2, 0.25) is 0 Å². The number of aryl methyl sites for hydroxylation is 1. The van der Waals surface area contributed by atoms with Gasteiger partial charge in [0.25, 0.3) is 0 Å². The van der Waals surface area contributed by atoms with Crippen LogP contribution in [0.5, 0.6) is 0 Å². The number of aromatic nitrogens is 1. The molecular formula is C12H12BrIN2S. The number of benzene rings is 1. The van der Waals surface area contributed by atoms with Gasteiger partial charge in [0.1, 0.15) is 0 Å². The lowest BCUT2D eigenvalue weighted by Gasteiger charge is -2.13. The second-order valence-corrected chi connectivity index (χ2v) is 7.03. The second kappa shape index (κ2) is 5.24. The molecule has 1 unspecified atom stereocenters. The first kappa shape index (κ1) is 13.3. The maximum Gasteiger partial charge on any atom is 0.180 e. The van der Waals surface area contributed by atoms with Crippen LogP contribution in [0.15, 0.2) is 22.7 Å². The third kappa shape index (κ3) is 2.82. The molecule has 5 heteroatoms. The highest BCUT2D eigenvalue weighted by molar-refractivity contribution is 14.1. The van der Waals surface area contributed by atoms with Gasteiger partial charge in [-0.15, -0.1) is 11.3 Å². The van der Waals surface area contributed by atoms with Crippen molar-refractivity contribution in [2.45, 2.75) is 19.8 Å². The molecule has 2 rings (SSSR count). The monoisotopic (exact) mass is 422 g/mol. The minimum atomic E-state index is 0.328. The minimum Gasteiger partial charge on any atom is -0.375 e. The van der Waals surface area contributed by atoms with E-state index in [-0.39, 0.29) is 0 Å². The lowest BCUT2D eigenvalue weighted by atomic mass is 9.99. The zero-order chi connectivity index (χ0) is 12.6. The van der Waals surface area contributed by atoms with E-state index in [1.807, 2.05) is 6.92 Å². The predicted molar refractivity (Wildman–Crippen MR) is 85.6 cm³/mol. The van der Waals surface area contributed by atoms with Crippen LogP contribution in [0, 0.1) is 10.5 Å². The SMILES string of the molecule is Cc1nc(N)sc1C(C)c1cc(Br)ccc1I. The Morgan fingerprint density at radius 3 is 2.76 bits per heavy atom. The van der Waals surface area contributed by atoms with Gasteiger partial charge in [-0.3, -0.25) is 0 Å². The summed E-state index contributed by atoms with van der Waals surface area (Å²) in [6.07, 6.45) is 0. The maximum atomic E-state index is 5.76. The molecule has 2 aromatic rings. The van der Waals surface area contributed by atoms with Crippen molar-refractivity contribution in [2.24, 2.45) is 0 Å². The summed E-state index contributed by atoms with van der Waals surface area (Å²) >= 11 is 7.47. The first-order valence-corrected chi connectivity index (χ1v) is 7.85. The summed E-state index contributed by atoms with van der Waals surface area (Å²) in [6.45, 7) is 4.22. The van der Waals surface area contributed by atoms with Crippen LogP contribution in [-0.2, 0) is 0 Å². The standard InChI is InChI=1S/C12H12BrIN2S/c1-6(11-7(2)16-12(15)17-11)9-5-8(13)3-4-10(9)14/h3-6H,1-2H3,(H2,15,16). The Labute approximate surface area is 127 Å². The highest BCUT2D eigenvalue weighted by Crippen LogP contribution is 2.35. The van der Waals surface area contributed by atoms with Crippen LogP contribution in [-0.4, -0.2) is 4.98 Å². The van der Waals surface area contributed by atoms with Crippen LogP contribution in [0.4, 0.5) is 5.13 Å². The molecule has 0 saturated carbocycles. The number of nitrogens with two attached hydrogens (primary N) is 1. The molecule has 2 nitrogen and oxygen atoms in total. The van der Waals surface area contributed by atoms with Crippen LogP contribution in [0.2, 0.25) is 0 Å². The van der Waals surface area contributed by atoms with Gasteiger partial charge in [0, 0.05) is 18.8 Å². The van der Waals surface area contributed by atoms with Crippen LogP contribution in [0.25, 0.3) is 0 Å². The number of anilines is 1. The lowest BCUT2D eigenvalue weighted by Crippen LogP contribution is -1.98. The topological polar surface area (TPSA) is 38.9 Å². The van der Waals surface area contributed by atoms with E-state index in [1.54, 1.807) is 11.3 Å². The number of nitrogens with zero attached hydrogens (tertiary/aromatic N) is 1. The van der Waals surface area contributed by atoms with Crippen molar-refractivity contribution in [3.63, 3.8) is 0 Å². The molecule has 17 heavy (non-hydrogen) atoms. The Balaban J connectivity index is 2.46. The van der Waals surface area contributed by atoms with Crippen LogP contribution in [0.1, 0.15) is 29.0 Å². The predicted octanol–water partition coefficient (Wildman–Crippen LogP) is 4.55. The number of thiazole rings is 1. The average molecular weight is 423 g/mol. The van der Waals surface area contributed by atoms with E-state index in [4.69, 9.17) is 5.73 Å². The molecule has 0 bridgehead atoms. The number of rotatable bonds is 2. The zero-order valence-electron chi connectivity index (χ0n) is 9.50. The fourth-order valence-corrected chi connectivity index (χ4v) is 3.91. The summed E-state index contributed by atoms with van der Waals surface area (Å²) in [4.78, 5) is 5.54. The summed E-state index contributed by atoms with van der Waals surface area (Å²) in [5.41, 5.74) is 8.11. The maximum absolute atomic E-state index is 5.76. The Kier molecular flexibility index (Phi) is 4.10. The van der Waals surface area contributed by atoms with E-state index in [9.17, 15) is 0 Å². The molecule has 0 aliphatic carbocycles. The summed E-state index contributed by atoms with van der Waals surface area (Å²) in [7, 11) is 0. The van der Waals surface area contributed by atoms with E-state index in [1.165, 1.54) is 14.0 Å². The second-order valence-electron chi connectivity index (χ2n) is 3.89. The third-order valence-corrected chi connectivity index (χ3v) is 5.31. The van der Waals surface area contributed by atoms with Crippen LogP contribution < -0.4 is 5.73 Å². The lowest BCUT2D eigenvalue weighted by molar-refractivity contribution is 0.918. The van der Waals surface area contributed by atoms with Gasteiger partial charge in [-0.25, -0.2) is 4.98 Å². The Hall–Kier alpha value is -0.140. The van der Waals surface area contributed by atoms with Crippen molar-refractivity contribution in [3.8, 4) is 0 Å². The number of hydrogen-bond donors (Lipinski definition) is 1. The molecule has 0 aliphatic rings. The van der Waals surface area contributed by atoms with Crippen LogP contribution >= 0.6 is 49.9 Å².